The third-order valence-electron chi connectivity index (χ3n) is 5.33. The molecule has 0 fully saturated rings. The molecule has 0 saturated carbocycles. The summed E-state index contributed by atoms with van der Waals surface area (Å²) >= 11 is 0. The first-order chi connectivity index (χ1) is 15.5. The molecule has 0 saturated heterocycles. The van der Waals surface area contributed by atoms with Crippen LogP contribution in [0.1, 0.15) is 24.6 Å². The highest BCUT2D eigenvalue weighted by Gasteiger charge is 2.22. The molecule has 3 aromatic rings. The first-order valence-corrected chi connectivity index (χ1v) is 10.9. The van der Waals surface area contributed by atoms with Crippen molar-refractivity contribution in [1.29, 1.82) is 0 Å². The molecule has 0 spiro atoms. The maximum atomic E-state index is 10.3. The van der Waals surface area contributed by atoms with Crippen molar-refractivity contribution in [3.63, 3.8) is 0 Å². The Bertz CT molecular complexity index is 975. The number of benzene rings is 2. The van der Waals surface area contributed by atoms with Crippen LogP contribution < -0.4 is 9.47 Å². The molecule has 7 heteroatoms. The minimum Gasteiger partial charge on any atom is -0.497 e. The van der Waals surface area contributed by atoms with Gasteiger partial charge in [-0.3, -0.25) is 4.90 Å². The largest absolute Gasteiger partial charge is 0.497 e. The Balaban J connectivity index is 2.00. The van der Waals surface area contributed by atoms with Gasteiger partial charge in [0, 0.05) is 32.8 Å². The van der Waals surface area contributed by atoms with Crippen LogP contribution in [0.4, 0.5) is 0 Å². The topological polar surface area (TPSA) is 69.0 Å². The second-order valence-corrected chi connectivity index (χ2v) is 7.69. The number of hydrogen-bond acceptors (Lipinski definition) is 6. The highest BCUT2D eigenvalue weighted by Crippen LogP contribution is 2.33. The van der Waals surface area contributed by atoms with E-state index in [9.17, 15) is 5.11 Å². The smallest absolute Gasteiger partial charge is 0.227 e. The fraction of sp³-hybridized carbons (Fsp3) is 0.400. The Morgan fingerprint density at radius 3 is 2.50 bits per heavy atom. The summed E-state index contributed by atoms with van der Waals surface area (Å²) in [6.45, 7) is 6.37. The number of aryl methyl sites for hydroxylation is 1. The van der Waals surface area contributed by atoms with Crippen molar-refractivity contribution in [3.8, 4) is 23.1 Å². The number of nitrogens with zero attached hydrogens (tertiary/aromatic N) is 3. The van der Waals surface area contributed by atoms with Gasteiger partial charge in [-0.1, -0.05) is 31.2 Å². The second kappa shape index (κ2) is 11.7. The first kappa shape index (κ1) is 23.8. The average Bonchev–Trinajstić information content (AvgIpc) is 3.12. The van der Waals surface area contributed by atoms with Crippen LogP contribution in [-0.4, -0.2) is 59.8 Å². The molecular formula is C25H33N3O4. The molecule has 0 aliphatic rings. The monoisotopic (exact) mass is 439 g/mol. The van der Waals surface area contributed by atoms with E-state index in [0.717, 1.165) is 22.7 Å². The Labute approximate surface area is 190 Å². The van der Waals surface area contributed by atoms with E-state index in [1.807, 2.05) is 73.1 Å². The summed E-state index contributed by atoms with van der Waals surface area (Å²) in [6.07, 6.45) is 0.290. The molecule has 0 aliphatic carbocycles. The third kappa shape index (κ3) is 6.09. The predicted molar refractivity (Wildman–Crippen MR) is 125 cm³/mol. The number of aliphatic hydroxyl groups excluding tert-OH is 1. The molecule has 1 aromatic heterocycles. The normalized spacial score (nSPS) is 12.2. The van der Waals surface area contributed by atoms with Gasteiger partial charge in [0.2, 0.25) is 5.88 Å². The Morgan fingerprint density at radius 1 is 1.06 bits per heavy atom. The number of rotatable bonds is 12. The molecule has 0 amide bonds. The van der Waals surface area contributed by atoms with Gasteiger partial charge < -0.3 is 19.3 Å². The molecule has 1 atom stereocenters. The molecule has 32 heavy (non-hydrogen) atoms. The minimum absolute atomic E-state index is 0.404. The summed E-state index contributed by atoms with van der Waals surface area (Å²) in [5.74, 6) is 2.04. The molecule has 0 bridgehead atoms. The van der Waals surface area contributed by atoms with Crippen LogP contribution in [0.15, 0.2) is 54.6 Å². The van der Waals surface area contributed by atoms with Crippen molar-refractivity contribution in [1.82, 2.24) is 14.7 Å². The second-order valence-electron chi connectivity index (χ2n) is 7.69. The van der Waals surface area contributed by atoms with Gasteiger partial charge in [-0.25, -0.2) is 4.68 Å². The summed E-state index contributed by atoms with van der Waals surface area (Å²) in [5, 5.41) is 15.1. The number of methoxy groups -OCH3 is 2. The molecule has 0 aliphatic heterocycles. The van der Waals surface area contributed by atoms with Crippen molar-refractivity contribution < 1.29 is 19.3 Å². The molecule has 3 rings (SSSR count). The van der Waals surface area contributed by atoms with E-state index in [0.29, 0.717) is 44.3 Å². The van der Waals surface area contributed by atoms with Crippen molar-refractivity contribution in [3.05, 3.63) is 65.9 Å². The van der Waals surface area contributed by atoms with E-state index in [1.54, 1.807) is 14.2 Å². The van der Waals surface area contributed by atoms with Crippen molar-refractivity contribution >= 4 is 0 Å². The summed E-state index contributed by atoms with van der Waals surface area (Å²) in [6, 6.07) is 17.4. The maximum absolute atomic E-state index is 10.3. The van der Waals surface area contributed by atoms with E-state index in [1.165, 1.54) is 0 Å². The van der Waals surface area contributed by atoms with Crippen LogP contribution in [0.5, 0.6) is 17.4 Å². The fourth-order valence-electron chi connectivity index (χ4n) is 3.45. The van der Waals surface area contributed by atoms with Gasteiger partial charge >= 0.3 is 0 Å². The summed E-state index contributed by atoms with van der Waals surface area (Å²) in [4.78, 5) is 2.18. The van der Waals surface area contributed by atoms with Gasteiger partial charge in [-0.05, 0) is 37.6 Å². The van der Waals surface area contributed by atoms with E-state index < -0.39 is 6.10 Å². The van der Waals surface area contributed by atoms with Crippen molar-refractivity contribution in [2.45, 2.75) is 32.9 Å². The summed E-state index contributed by atoms with van der Waals surface area (Å²) in [5.41, 5.74) is 2.76. The predicted octanol–water partition coefficient (Wildman–Crippen LogP) is 4.20. The highest BCUT2D eigenvalue weighted by molar-refractivity contribution is 5.44. The van der Waals surface area contributed by atoms with Gasteiger partial charge in [0.1, 0.15) is 11.5 Å². The molecule has 172 valence electrons. The van der Waals surface area contributed by atoms with E-state index in [2.05, 4.69) is 4.90 Å². The van der Waals surface area contributed by atoms with E-state index in [4.69, 9.17) is 19.3 Å². The molecule has 1 heterocycles. The summed E-state index contributed by atoms with van der Waals surface area (Å²) in [7, 11) is 3.32. The van der Waals surface area contributed by atoms with Gasteiger partial charge in [-0.2, -0.15) is 5.10 Å². The highest BCUT2D eigenvalue weighted by atomic mass is 16.5. The summed E-state index contributed by atoms with van der Waals surface area (Å²) < 4.78 is 18.9. The van der Waals surface area contributed by atoms with Crippen molar-refractivity contribution in [2.24, 2.45) is 0 Å². The molecule has 1 N–H and O–H groups in total. The SMILES string of the molecule is CCC(O)CN(CCOC)Cc1c(C)nn(-c2ccccc2)c1Oc1cccc(OC)c1. The standard InChI is InChI=1S/C25H33N3O4/c1-5-21(29)17-27(14-15-30-3)18-24-19(2)26-28(20-10-7-6-8-11-20)25(24)32-23-13-9-12-22(16-23)31-4/h6-13,16,21,29H,5,14-15,17-18H2,1-4H3. The van der Waals surface area contributed by atoms with Gasteiger partial charge in [-0.15, -0.1) is 0 Å². The number of ether oxygens (including phenoxy) is 3. The lowest BCUT2D eigenvalue weighted by Crippen LogP contribution is -2.34. The third-order valence-corrected chi connectivity index (χ3v) is 5.33. The van der Waals surface area contributed by atoms with E-state index in [-0.39, 0.29) is 0 Å². The molecule has 2 aromatic carbocycles. The van der Waals surface area contributed by atoms with Crippen LogP contribution in [0.25, 0.3) is 5.69 Å². The van der Waals surface area contributed by atoms with Gasteiger partial charge in [0.05, 0.1) is 36.8 Å². The quantitative estimate of drug-likeness (QED) is 0.456. The Kier molecular flexibility index (Phi) is 8.67. The molecule has 1 unspecified atom stereocenters. The zero-order chi connectivity index (χ0) is 22.9. The number of aromatic nitrogens is 2. The van der Waals surface area contributed by atoms with Crippen LogP contribution >= 0.6 is 0 Å². The fourth-order valence-corrected chi connectivity index (χ4v) is 3.45. The maximum Gasteiger partial charge on any atom is 0.227 e. The van der Waals surface area contributed by atoms with Crippen LogP contribution in [0.2, 0.25) is 0 Å². The molecular weight excluding hydrogens is 406 g/mol. The zero-order valence-electron chi connectivity index (χ0n) is 19.3. The lowest BCUT2D eigenvalue weighted by atomic mass is 10.2. The zero-order valence-corrected chi connectivity index (χ0v) is 19.3. The molecule has 0 radical (unpaired) electrons. The minimum atomic E-state index is -0.404. The lowest BCUT2D eigenvalue weighted by Gasteiger charge is -2.24. The number of aliphatic hydroxyl groups is 1. The van der Waals surface area contributed by atoms with Crippen LogP contribution in [0, 0.1) is 6.92 Å². The number of para-hydroxylation sites is 1. The van der Waals surface area contributed by atoms with Crippen LogP contribution in [-0.2, 0) is 11.3 Å². The van der Waals surface area contributed by atoms with Crippen molar-refractivity contribution in [2.75, 3.05) is 33.9 Å². The first-order valence-electron chi connectivity index (χ1n) is 10.9. The van der Waals surface area contributed by atoms with E-state index >= 15 is 0 Å². The Morgan fingerprint density at radius 2 is 1.81 bits per heavy atom. The lowest BCUT2D eigenvalue weighted by molar-refractivity contribution is 0.0825. The Hall–Kier alpha value is -2.87. The van der Waals surface area contributed by atoms with Gasteiger partial charge in [0.15, 0.2) is 0 Å². The average molecular weight is 440 g/mol. The van der Waals surface area contributed by atoms with Gasteiger partial charge in [0.25, 0.3) is 0 Å². The molecule has 7 nitrogen and oxygen atoms in total. The number of hydrogen-bond donors (Lipinski definition) is 1. The van der Waals surface area contributed by atoms with Crippen LogP contribution in [0.3, 0.4) is 0 Å².